The lowest BCUT2D eigenvalue weighted by molar-refractivity contribution is 0.0666. The lowest BCUT2D eigenvalue weighted by atomic mass is 10.0. The third-order valence-electron chi connectivity index (χ3n) is 7.22. The van der Waals surface area contributed by atoms with Gasteiger partial charge < -0.3 is 24.1 Å². The number of hydrogen-bond acceptors (Lipinski definition) is 9. The molecule has 0 amide bonds. The second kappa shape index (κ2) is 22.5. The molecule has 2 rings (SSSR count). The van der Waals surface area contributed by atoms with Crippen molar-refractivity contribution in [3.8, 4) is 0 Å². The molecule has 2 N–H and O–H groups in total. The third-order valence-corrected chi connectivity index (χ3v) is 11.2. The van der Waals surface area contributed by atoms with E-state index in [1.54, 1.807) is 6.33 Å². The molecule has 42 heavy (non-hydrogen) atoms. The highest BCUT2D eigenvalue weighted by Gasteiger charge is 2.26. The SMILES string of the molecule is CCCCCCCCCCCCCCCCS(=S)CCOP(=O)(CO[C@H](C)Cn1cnc2c(N)ncnc21)OCCC. The molecule has 0 bridgehead atoms. The number of nitrogen functional groups attached to an aromatic ring is 1. The van der Waals surface area contributed by atoms with E-state index in [-0.39, 0.29) is 21.9 Å². The van der Waals surface area contributed by atoms with Crippen LogP contribution in [0.15, 0.2) is 12.7 Å². The van der Waals surface area contributed by atoms with E-state index in [1.807, 2.05) is 18.4 Å². The predicted molar refractivity (Wildman–Crippen MR) is 180 cm³/mol. The van der Waals surface area contributed by atoms with Crippen LogP contribution in [0.1, 0.15) is 117 Å². The monoisotopic (exact) mass is 645 g/mol. The maximum absolute atomic E-state index is 13.4. The van der Waals surface area contributed by atoms with Crippen LogP contribution in [0.2, 0.25) is 0 Å². The largest absolute Gasteiger partial charge is 0.382 e. The van der Waals surface area contributed by atoms with Crippen molar-refractivity contribution in [3.05, 3.63) is 12.7 Å². The van der Waals surface area contributed by atoms with E-state index in [1.165, 1.54) is 89.8 Å². The number of anilines is 1. The first-order valence-electron chi connectivity index (χ1n) is 16.1. The fourth-order valence-electron chi connectivity index (χ4n) is 4.75. The molecule has 0 aliphatic rings. The standard InChI is InChI=1S/C30H56N5O4PS2/c1-4-6-7-8-9-10-11-12-13-14-15-16-17-18-21-42(41)22-20-39-40(36,38-19-5-2)26-37-27(3)23-35-25-34-28-29(31)32-24-33-30(28)35/h24-25,27H,4-23,26H2,1-3H3,(H2,31,32,33)/t27-,40?,42?/m1/s1. The van der Waals surface area contributed by atoms with Crippen molar-refractivity contribution < 1.29 is 18.3 Å². The minimum absolute atomic E-state index is 0.109. The van der Waals surface area contributed by atoms with Crippen molar-refractivity contribution in [2.24, 2.45) is 0 Å². The van der Waals surface area contributed by atoms with Gasteiger partial charge in [-0.15, -0.1) is 9.45 Å². The van der Waals surface area contributed by atoms with Crippen molar-refractivity contribution in [2.75, 3.05) is 36.8 Å². The van der Waals surface area contributed by atoms with Gasteiger partial charge in [0.05, 0.1) is 32.2 Å². The first-order valence-corrected chi connectivity index (χ1v) is 20.4. The van der Waals surface area contributed by atoms with Gasteiger partial charge in [-0.25, -0.2) is 15.0 Å². The molecule has 0 aliphatic heterocycles. The number of unbranched alkanes of at least 4 members (excludes halogenated alkanes) is 13. The zero-order valence-corrected chi connectivity index (χ0v) is 28.9. The average molecular weight is 646 g/mol. The second-order valence-electron chi connectivity index (χ2n) is 11.2. The van der Waals surface area contributed by atoms with Gasteiger partial charge in [0.15, 0.2) is 11.5 Å². The molecule has 242 valence electrons. The molecule has 0 aliphatic carbocycles. The quantitative estimate of drug-likeness (QED) is 0.0763. The van der Waals surface area contributed by atoms with E-state index in [9.17, 15) is 4.57 Å². The molecule has 0 spiro atoms. The first-order chi connectivity index (χ1) is 20.4. The summed E-state index contributed by atoms with van der Waals surface area (Å²) in [5, 5.41) is 0. The number of ether oxygens (including phenoxy) is 1. The van der Waals surface area contributed by atoms with Gasteiger partial charge in [0.2, 0.25) is 0 Å². The summed E-state index contributed by atoms with van der Waals surface area (Å²) in [6.07, 6.45) is 22.4. The highest BCUT2D eigenvalue weighted by Crippen LogP contribution is 2.48. The topological polar surface area (TPSA) is 114 Å². The van der Waals surface area contributed by atoms with Crippen molar-refractivity contribution in [2.45, 2.75) is 130 Å². The molecular weight excluding hydrogens is 589 g/mol. The summed E-state index contributed by atoms with van der Waals surface area (Å²) in [6, 6.07) is 0. The fraction of sp³-hybridized carbons (Fsp3) is 0.833. The highest BCUT2D eigenvalue weighted by molar-refractivity contribution is 8.28. The van der Waals surface area contributed by atoms with Crippen LogP contribution < -0.4 is 5.73 Å². The minimum Gasteiger partial charge on any atom is -0.382 e. The van der Waals surface area contributed by atoms with Crippen molar-refractivity contribution in [3.63, 3.8) is 0 Å². The zero-order chi connectivity index (χ0) is 30.5. The summed E-state index contributed by atoms with van der Waals surface area (Å²) >= 11 is 5.68. The van der Waals surface area contributed by atoms with E-state index >= 15 is 0 Å². The number of rotatable bonds is 27. The van der Waals surface area contributed by atoms with Crippen LogP contribution in [-0.4, -0.2) is 56.7 Å². The van der Waals surface area contributed by atoms with Crippen molar-refractivity contribution >= 4 is 45.2 Å². The van der Waals surface area contributed by atoms with Crippen LogP contribution in [0.5, 0.6) is 0 Å². The molecule has 2 aromatic heterocycles. The maximum atomic E-state index is 13.4. The first kappa shape index (κ1) is 37.2. The Morgan fingerprint density at radius 3 is 2.07 bits per heavy atom. The van der Waals surface area contributed by atoms with Crippen molar-refractivity contribution in [1.29, 1.82) is 0 Å². The van der Waals surface area contributed by atoms with Gasteiger partial charge in [-0.1, -0.05) is 109 Å². The Kier molecular flexibility index (Phi) is 20.0. The number of aromatic nitrogens is 4. The molecule has 0 saturated carbocycles. The van der Waals surface area contributed by atoms with Crippen molar-refractivity contribution in [1.82, 2.24) is 19.5 Å². The molecule has 0 radical (unpaired) electrons. The van der Waals surface area contributed by atoms with E-state index < -0.39 is 7.60 Å². The molecule has 2 aromatic rings. The third kappa shape index (κ3) is 15.7. The molecule has 2 heterocycles. The van der Waals surface area contributed by atoms with E-state index in [0.717, 1.165) is 18.6 Å². The minimum atomic E-state index is -3.39. The van der Waals surface area contributed by atoms with Crippen LogP contribution in [0.4, 0.5) is 5.82 Å². The molecule has 0 fully saturated rings. The predicted octanol–water partition coefficient (Wildman–Crippen LogP) is 7.97. The zero-order valence-electron chi connectivity index (χ0n) is 26.3. The molecule has 0 aromatic carbocycles. The summed E-state index contributed by atoms with van der Waals surface area (Å²) in [5.41, 5.74) is 7.07. The van der Waals surface area contributed by atoms with Crippen LogP contribution in [-0.2, 0) is 45.5 Å². The van der Waals surface area contributed by atoms with Crippen LogP contribution in [0.3, 0.4) is 0 Å². The van der Waals surface area contributed by atoms with Gasteiger partial charge in [-0.2, -0.15) is 0 Å². The van der Waals surface area contributed by atoms with Gasteiger partial charge in [-0.05, 0) is 25.5 Å². The fourth-order valence-corrected chi connectivity index (χ4v) is 7.92. The Morgan fingerprint density at radius 1 is 0.857 bits per heavy atom. The summed E-state index contributed by atoms with van der Waals surface area (Å²) in [5.74, 6) is 2.07. The highest BCUT2D eigenvalue weighted by atomic mass is 32.8. The van der Waals surface area contributed by atoms with E-state index in [2.05, 4.69) is 21.9 Å². The molecule has 0 saturated heterocycles. The smallest absolute Gasteiger partial charge is 0.356 e. The summed E-state index contributed by atoms with van der Waals surface area (Å²) in [7, 11) is -3.56. The Balaban J connectivity index is 1.56. The second-order valence-corrected chi connectivity index (χ2v) is 16.3. The normalized spacial score (nSPS) is 14.7. The van der Waals surface area contributed by atoms with Gasteiger partial charge in [0.1, 0.15) is 18.2 Å². The summed E-state index contributed by atoms with van der Waals surface area (Å²) in [6.45, 7) is 7.30. The van der Waals surface area contributed by atoms with Crippen LogP contribution >= 0.6 is 7.60 Å². The number of nitrogens with zero attached hydrogens (tertiary/aromatic N) is 4. The Morgan fingerprint density at radius 2 is 1.45 bits per heavy atom. The molecular formula is C30H56N5O4PS2. The molecule has 9 nitrogen and oxygen atoms in total. The van der Waals surface area contributed by atoms with Gasteiger partial charge >= 0.3 is 7.60 Å². The summed E-state index contributed by atoms with van der Waals surface area (Å²) < 4.78 is 32.5. The van der Waals surface area contributed by atoms with Crippen LogP contribution in [0, 0.1) is 0 Å². The molecule has 3 atom stereocenters. The lowest BCUT2D eigenvalue weighted by Gasteiger charge is -2.21. The number of imidazole rings is 1. The Labute approximate surface area is 261 Å². The van der Waals surface area contributed by atoms with Crippen LogP contribution in [0.25, 0.3) is 11.2 Å². The number of hydrogen-bond donors (Lipinski definition) is 1. The van der Waals surface area contributed by atoms with E-state index in [4.69, 9.17) is 30.7 Å². The Hall–Kier alpha value is -0.970. The molecule has 2 unspecified atom stereocenters. The van der Waals surface area contributed by atoms with Gasteiger partial charge in [0.25, 0.3) is 0 Å². The Bertz CT molecular complexity index is 1060. The number of fused-ring (bicyclic) bond motifs is 1. The lowest BCUT2D eigenvalue weighted by Crippen LogP contribution is -2.19. The number of nitrogens with two attached hydrogens (primary N) is 1. The van der Waals surface area contributed by atoms with E-state index in [0.29, 0.717) is 42.5 Å². The van der Waals surface area contributed by atoms with Gasteiger partial charge in [-0.3, -0.25) is 4.57 Å². The molecule has 12 heteroatoms. The average Bonchev–Trinajstić information content (AvgIpc) is 3.39. The maximum Gasteiger partial charge on any atom is 0.356 e. The van der Waals surface area contributed by atoms with Gasteiger partial charge in [0, 0.05) is 5.75 Å². The summed E-state index contributed by atoms with van der Waals surface area (Å²) in [4.78, 5) is 12.5.